The molecule has 0 bridgehead atoms. The Morgan fingerprint density at radius 2 is 1.89 bits per heavy atom. The Morgan fingerprint density at radius 3 is 2.63 bits per heavy atom. The molecule has 3 heterocycles. The maximum absolute atomic E-state index is 5.97. The minimum atomic E-state index is 0.138. The monoisotopic (exact) mass is 360 g/mol. The number of aryl methyl sites for hydroxylation is 1. The van der Waals surface area contributed by atoms with E-state index in [0.717, 1.165) is 30.2 Å². The van der Waals surface area contributed by atoms with Gasteiger partial charge in [0.1, 0.15) is 11.5 Å². The van der Waals surface area contributed by atoms with Crippen molar-refractivity contribution in [3.05, 3.63) is 72.1 Å². The van der Waals surface area contributed by atoms with Crippen molar-refractivity contribution in [3.8, 4) is 11.5 Å². The zero-order valence-corrected chi connectivity index (χ0v) is 15.7. The molecule has 5 nitrogen and oxygen atoms in total. The molecule has 0 unspecified atom stereocenters. The van der Waals surface area contributed by atoms with E-state index in [9.17, 15) is 0 Å². The summed E-state index contributed by atoms with van der Waals surface area (Å²) in [6.45, 7) is 5.66. The van der Waals surface area contributed by atoms with Crippen LogP contribution in [0.3, 0.4) is 0 Å². The van der Waals surface area contributed by atoms with Gasteiger partial charge in [0.15, 0.2) is 5.82 Å². The van der Waals surface area contributed by atoms with Crippen LogP contribution in [0.2, 0.25) is 0 Å². The van der Waals surface area contributed by atoms with Crippen LogP contribution in [0.5, 0.6) is 0 Å². The van der Waals surface area contributed by atoms with Gasteiger partial charge in [0.25, 0.3) is 0 Å². The number of hydrogen-bond donors (Lipinski definition) is 0. The summed E-state index contributed by atoms with van der Waals surface area (Å²) in [5.41, 5.74) is 3.05. The van der Waals surface area contributed by atoms with Crippen LogP contribution in [0, 0.1) is 0 Å². The first-order valence-corrected chi connectivity index (χ1v) is 9.47. The fraction of sp³-hybridized carbons (Fsp3) is 0.318. The van der Waals surface area contributed by atoms with Gasteiger partial charge in [0, 0.05) is 24.5 Å². The second kappa shape index (κ2) is 7.84. The molecule has 0 radical (unpaired) electrons. The van der Waals surface area contributed by atoms with Gasteiger partial charge in [0.2, 0.25) is 0 Å². The largest absolute Gasteiger partial charge is 0.374 e. The number of benzene rings is 1. The van der Waals surface area contributed by atoms with E-state index in [4.69, 9.17) is 14.7 Å². The Kier molecular flexibility index (Phi) is 5.12. The molecule has 2 atom stereocenters. The van der Waals surface area contributed by atoms with Crippen LogP contribution >= 0.6 is 0 Å². The minimum Gasteiger partial charge on any atom is -0.374 e. The normalized spacial score (nSPS) is 19.9. The first-order chi connectivity index (χ1) is 13.2. The molecule has 1 fully saturated rings. The smallest absolute Gasteiger partial charge is 0.180 e. The highest BCUT2D eigenvalue weighted by atomic mass is 16.5. The summed E-state index contributed by atoms with van der Waals surface area (Å²) in [5.74, 6) is 1.61. The Bertz CT molecular complexity index is 885. The standard InChI is InChI=1S/C22H24N4O/c1-3-18-13-21(25-22(24-18)19-11-7-8-12-23-19)26-14-16(2)27-15-20(26)17-9-5-4-6-10-17/h4-13,16,20H,3,14-15H2,1-2H3/t16-,20-/m0/s1. The first kappa shape index (κ1) is 17.6. The average molecular weight is 360 g/mol. The number of anilines is 1. The molecule has 2 aromatic heterocycles. The molecule has 4 rings (SSSR count). The van der Waals surface area contributed by atoms with Crippen LogP contribution in [-0.2, 0) is 11.2 Å². The van der Waals surface area contributed by atoms with Gasteiger partial charge < -0.3 is 9.64 Å². The van der Waals surface area contributed by atoms with Crippen molar-refractivity contribution in [3.63, 3.8) is 0 Å². The number of nitrogens with zero attached hydrogens (tertiary/aromatic N) is 4. The molecule has 1 aliphatic rings. The highest BCUT2D eigenvalue weighted by molar-refractivity contribution is 5.55. The van der Waals surface area contributed by atoms with Crippen LogP contribution in [-0.4, -0.2) is 34.2 Å². The zero-order chi connectivity index (χ0) is 18.6. The summed E-state index contributed by atoms with van der Waals surface area (Å²) in [7, 11) is 0. The van der Waals surface area contributed by atoms with Gasteiger partial charge >= 0.3 is 0 Å². The predicted molar refractivity (Wildman–Crippen MR) is 107 cm³/mol. The third-order valence-electron chi connectivity index (χ3n) is 4.87. The van der Waals surface area contributed by atoms with Crippen molar-refractivity contribution in [1.82, 2.24) is 15.0 Å². The number of aromatic nitrogens is 3. The summed E-state index contributed by atoms with van der Waals surface area (Å²) >= 11 is 0. The molecule has 27 heavy (non-hydrogen) atoms. The lowest BCUT2D eigenvalue weighted by Crippen LogP contribution is -2.44. The maximum atomic E-state index is 5.97. The first-order valence-electron chi connectivity index (χ1n) is 9.47. The quantitative estimate of drug-likeness (QED) is 0.702. The number of ether oxygens (including phenoxy) is 1. The summed E-state index contributed by atoms with van der Waals surface area (Å²) in [5, 5.41) is 0. The van der Waals surface area contributed by atoms with Crippen LogP contribution in [0.15, 0.2) is 60.8 Å². The van der Waals surface area contributed by atoms with Crippen molar-refractivity contribution in [2.75, 3.05) is 18.1 Å². The molecule has 0 N–H and O–H groups in total. The molecule has 1 aliphatic heterocycles. The Labute approximate surface area is 160 Å². The van der Waals surface area contributed by atoms with Crippen LogP contribution in [0.25, 0.3) is 11.5 Å². The Balaban J connectivity index is 1.77. The summed E-state index contributed by atoms with van der Waals surface area (Å²) in [4.78, 5) is 16.4. The van der Waals surface area contributed by atoms with Crippen molar-refractivity contribution < 1.29 is 4.74 Å². The fourth-order valence-electron chi connectivity index (χ4n) is 3.43. The predicted octanol–water partition coefficient (Wildman–Crippen LogP) is 4.07. The lowest BCUT2D eigenvalue weighted by molar-refractivity contribution is 0.0300. The third kappa shape index (κ3) is 3.83. The SMILES string of the molecule is CCc1cc(N2C[C@H](C)OC[C@H]2c2ccccc2)nc(-c2ccccn2)n1. The number of hydrogen-bond acceptors (Lipinski definition) is 5. The molecule has 1 aromatic carbocycles. The topological polar surface area (TPSA) is 51.1 Å². The van der Waals surface area contributed by atoms with E-state index >= 15 is 0 Å². The molecule has 5 heteroatoms. The van der Waals surface area contributed by atoms with E-state index in [1.165, 1.54) is 5.56 Å². The van der Waals surface area contributed by atoms with Gasteiger partial charge in [-0.25, -0.2) is 9.97 Å². The number of rotatable bonds is 4. The van der Waals surface area contributed by atoms with E-state index < -0.39 is 0 Å². The zero-order valence-electron chi connectivity index (χ0n) is 15.7. The van der Waals surface area contributed by atoms with E-state index in [1.54, 1.807) is 6.20 Å². The highest BCUT2D eigenvalue weighted by Gasteiger charge is 2.29. The van der Waals surface area contributed by atoms with Gasteiger partial charge in [-0.15, -0.1) is 0 Å². The molecule has 0 spiro atoms. The van der Waals surface area contributed by atoms with Crippen molar-refractivity contribution in [2.24, 2.45) is 0 Å². The third-order valence-corrected chi connectivity index (χ3v) is 4.87. The van der Waals surface area contributed by atoms with Gasteiger partial charge in [-0.05, 0) is 31.0 Å². The maximum Gasteiger partial charge on any atom is 0.180 e. The Morgan fingerprint density at radius 1 is 1.07 bits per heavy atom. The van der Waals surface area contributed by atoms with Gasteiger partial charge in [-0.3, -0.25) is 4.98 Å². The molecular formula is C22H24N4O. The minimum absolute atomic E-state index is 0.138. The number of pyridine rings is 1. The molecule has 138 valence electrons. The van der Waals surface area contributed by atoms with Crippen molar-refractivity contribution >= 4 is 5.82 Å². The van der Waals surface area contributed by atoms with Crippen molar-refractivity contribution in [2.45, 2.75) is 32.4 Å². The van der Waals surface area contributed by atoms with E-state index in [2.05, 4.69) is 54.1 Å². The fourth-order valence-corrected chi connectivity index (χ4v) is 3.43. The second-order valence-electron chi connectivity index (χ2n) is 6.83. The van der Waals surface area contributed by atoms with Crippen LogP contribution in [0.1, 0.15) is 31.1 Å². The van der Waals surface area contributed by atoms with Crippen molar-refractivity contribution in [1.29, 1.82) is 0 Å². The summed E-state index contributed by atoms with van der Waals surface area (Å²) in [6.07, 6.45) is 2.79. The van der Waals surface area contributed by atoms with Crippen LogP contribution < -0.4 is 4.90 Å². The van der Waals surface area contributed by atoms with Gasteiger partial charge in [0.05, 0.1) is 18.8 Å². The van der Waals surface area contributed by atoms with Gasteiger partial charge in [-0.1, -0.05) is 43.3 Å². The van der Waals surface area contributed by atoms with Gasteiger partial charge in [-0.2, -0.15) is 0 Å². The molecule has 0 saturated carbocycles. The summed E-state index contributed by atoms with van der Waals surface area (Å²) in [6, 6.07) is 18.5. The molecular weight excluding hydrogens is 336 g/mol. The van der Waals surface area contributed by atoms with E-state index in [0.29, 0.717) is 12.4 Å². The molecule has 0 amide bonds. The lowest BCUT2D eigenvalue weighted by atomic mass is 10.0. The molecule has 3 aromatic rings. The second-order valence-corrected chi connectivity index (χ2v) is 6.83. The lowest BCUT2D eigenvalue weighted by Gasteiger charge is -2.40. The number of morpholine rings is 1. The summed E-state index contributed by atoms with van der Waals surface area (Å²) < 4.78 is 5.97. The van der Waals surface area contributed by atoms with Crippen LogP contribution in [0.4, 0.5) is 5.82 Å². The van der Waals surface area contributed by atoms with E-state index in [-0.39, 0.29) is 12.1 Å². The Hall–Kier alpha value is -2.79. The highest BCUT2D eigenvalue weighted by Crippen LogP contribution is 2.31. The van der Waals surface area contributed by atoms with E-state index in [1.807, 2.05) is 24.3 Å². The average Bonchev–Trinajstić information content (AvgIpc) is 2.74. The molecule has 1 saturated heterocycles. The molecule has 0 aliphatic carbocycles.